The number of rotatable bonds is 3. The average molecular weight is 297 g/mol. The van der Waals surface area contributed by atoms with Crippen molar-refractivity contribution in [1.82, 2.24) is 0 Å². The summed E-state index contributed by atoms with van der Waals surface area (Å²) in [5.41, 5.74) is 7.66. The first kappa shape index (κ1) is 17.0. The highest BCUT2D eigenvalue weighted by Crippen LogP contribution is 2.27. The molecule has 112 valence electrons. The minimum Gasteiger partial charge on any atom is -0.324 e. The second kappa shape index (κ2) is 7.09. The van der Waals surface area contributed by atoms with E-state index in [1.165, 1.54) is 12.0 Å². The molecule has 4 heteroatoms. The molecule has 1 fully saturated rings. The zero-order valence-electron chi connectivity index (χ0n) is 12.3. The molecule has 0 unspecified atom stereocenters. The molecule has 0 aliphatic heterocycles. The highest BCUT2D eigenvalue weighted by molar-refractivity contribution is 5.98. The monoisotopic (exact) mass is 296 g/mol. The molecular weight excluding hydrogens is 272 g/mol. The van der Waals surface area contributed by atoms with Crippen molar-refractivity contribution in [3.8, 4) is 0 Å². The molecule has 0 heterocycles. The molecule has 0 saturated heterocycles. The summed E-state index contributed by atoms with van der Waals surface area (Å²) < 4.78 is 0. The van der Waals surface area contributed by atoms with E-state index in [4.69, 9.17) is 5.73 Å². The summed E-state index contributed by atoms with van der Waals surface area (Å²) in [6.45, 7) is 4.31. The molecule has 0 aromatic heterocycles. The zero-order valence-corrected chi connectivity index (χ0v) is 13.1. The van der Waals surface area contributed by atoms with Crippen LogP contribution in [0.2, 0.25) is 0 Å². The number of carbonyl (C=O) groups is 1. The Bertz CT molecular complexity index is 436. The van der Waals surface area contributed by atoms with Crippen LogP contribution in [0.15, 0.2) is 24.3 Å². The van der Waals surface area contributed by atoms with Gasteiger partial charge in [-0.05, 0) is 36.5 Å². The Labute approximate surface area is 127 Å². The van der Waals surface area contributed by atoms with E-state index in [2.05, 4.69) is 31.3 Å². The van der Waals surface area contributed by atoms with Gasteiger partial charge in [0.2, 0.25) is 5.91 Å². The number of benzene rings is 1. The summed E-state index contributed by atoms with van der Waals surface area (Å²) in [6, 6.07) is 8.04. The summed E-state index contributed by atoms with van der Waals surface area (Å²) in [5, 5.41) is 2.95. The number of hydrogen-bond acceptors (Lipinski definition) is 2. The van der Waals surface area contributed by atoms with Crippen molar-refractivity contribution in [3.63, 3.8) is 0 Å². The second-order valence-corrected chi connectivity index (χ2v) is 5.95. The number of nitrogens with one attached hydrogen (secondary N) is 1. The molecule has 0 atom stereocenters. The van der Waals surface area contributed by atoms with E-state index in [1.807, 2.05) is 12.1 Å². The van der Waals surface area contributed by atoms with Gasteiger partial charge >= 0.3 is 0 Å². The molecule has 3 nitrogen and oxygen atoms in total. The van der Waals surface area contributed by atoms with Crippen LogP contribution >= 0.6 is 12.4 Å². The fourth-order valence-electron chi connectivity index (χ4n) is 2.62. The quantitative estimate of drug-likeness (QED) is 0.890. The number of amides is 1. The first-order valence-electron chi connectivity index (χ1n) is 7.21. The van der Waals surface area contributed by atoms with Crippen LogP contribution in [0.25, 0.3) is 0 Å². The maximum Gasteiger partial charge on any atom is 0.244 e. The highest BCUT2D eigenvalue weighted by atomic mass is 35.5. The van der Waals surface area contributed by atoms with Gasteiger partial charge in [-0.25, -0.2) is 0 Å². The van der Waals surface area contributed by atoms with Gasteiger partial charge < -0.3 is 11.1 Å². The minimum absolute atomic E-state index is 0. The first-order valence-corrected chi connectivity index (χ1v) is 7.21. The molecule has 1 aliphatic carbocycles. The van der Waals surface area contributed by atoms with Gasteiger partial charge in [-0.2, -0.15) is 0 Å². The largest absolute Gasteiger partial charge is 0.324 e. The SMILES string of the molecule is CC(C)c1ccc(NC(=O)C2(N)CCCCC2)cc1.Cl. The van der Waals surface area contributed by atoms with E-state index in [1.54, 1.807) is 0 Å². The third kappa shape index (κ3) is 3.97. The summed E-state index contributed by atoms with van der Waals surface area (Å²) in [7, 11) is 0. The van der Waals surface area contributed by atoms with Gasteiger partial charge in [0.05, 0.1) is 5.54 Å². The number of nitrogens with two attached hydrogens (primary N) is 1. The summed E-state index contributed by atoms with van der Waals surface area (Å²) >= 11 is 0. The molecule has 3 N–H and O–H groups in total. The van der Waals surface area contributed by atoms with Crippen molar-refractivity contribution in [3.05, 3.63) is 29.8 Å². The van der Waals surface area contributed by atoms with Crippen molar-refractivity contribution in [1.29, 1.82) is 0 Å². The van der Waals surface area contributed by atoms with Crippen LogP contribution < -0.4 is 11.1 Å². The third-order valence-corrected chi connectivity index (χ3v) is 4.03. The lowest BCUT2D eigenvalue weighted by Crippen LogP contribution is -2.52. The molecule has 20 heavy (non-hydrogen) atoms. The van der Waals surface area contributed by atoms with Crippen LogP contribution in [-0.2, 0) is 4.79 Å². The molecule has 0 bridgehead atoms. The molecule has 1 aromatic rings. The minimum atomic E-state index is -0.672. The fourth-order valence-corrected chi connectivity index (χ4v) is 2.62. The van der Waals surface area contributed by atoms with Gasteiger partial charge in [-0.1, -0.05) is 45.2 Å². The summed E-state index contributed by atoms with van der Waals surface area (Å²) in [6.07, 6.45) is 4.88. The topological polar surface area (TPSA) is 55.1 Å². The lowest BCUT2D eigenvalue weighted by Gasteiger charge is -2.31. The van der Waals surface area contributed by atoms with Crippen LogP contribution in [0.1, 0.15) is 57.4 Å². The van der Waals surface area contributed by atoms with Gasteiger partial charge in [0.25, 0.3) is 0 Å². The van der Waals surface area contributed by atoms with Gasteiger partial charge in [0, 0.05) is 5.69 Å². The van der Waals surface area contributed by atoms with Crippen molar-refractivity contribution in [2.45, 2.75) is 57.4 Å². The Hall–Kier alpha value is -1.06. The van der Waals surface area contributed by atoms with E-state index >= 15 is 0 Å². The van der Waals surface area contributed by atoms with Crippen LogP contribution in [0, 0.1) is 0 Å². The number of halogens is 1. The summed E-state index contributed by atoms with van der Waals surface area (Å²) in [5.74, 6) is 0.466. The maximum atomic E-state index is 12.3. The van der Waals surface area contributed by atoms with Crippen LogP contribution in [0.3, 0.4) is 0 Å². The first-order chi connectivity index (χ1) is 9.01. The normalized spacial score (nSPS) is 17.4. The Morgan fingerprint density at radius 3 is 2.20 bits per heavy atom. The molecule has 2 rings (SSSR count). The van der Waals surface area contributed by atoms with E-state index in [-0.39, 0.29) is 18.3 Å². The molecule has 1 amide bonds. The molecule has 1 saturated carbocycles. The summed E-state index contributed by atoms with van der Waals surface area (Å²) in [4.78, 5) is 12.3. The lowest BCUT2D eigenvalue weighted by molar-refractivity contribution is -0.122. The molecular formula is C16H25ClN2O. The molecule has 1 aromatic carbocycles. The lowest BCUT2D eigenvalue weighted by atomic mass is 9.82. The van der Waals surface area contributed by atoms with Crippen LogP contribution in [0.4, 0.5) is 5.69 Å². The van der Waals surface area contributed by atoms with E-state index in [0.29, 0.717) is 5.92 Å². The van der Waals surface area contributed by atoms with Gasteiger partial charge in [-0.15, -0.1) is 12.4 Å². The van der Waals surface area contributed by atoms with Crippen molar-refractivity contribution in [2.24, 2.45) is 5.73 Å². The standard InChI is InChI=1S/C16H24N2O.ClH/c1-12(2)13-6-8-14(9-7-13)18-15(19)16(17)10-4-3-5-11-16;/h6-9,12H,3-5,10-11,17H2,1-2H3,(H,18,19);1H. The third-order valence-electron chi connectivity index (χ3n) is 4.03. The Morgan fingerprint density at radius 1 is 1.15 bits per heavy atom. The second-order valence-electron chi connectivity index (χ2n) is 5.95. The fraction of sp³-hybridized carbons (Fsp3) is 0.562. The Balaban J connectivity index is 0.00000200. The van der Waals surface area contributed by atoms with Gasteiger partial charge in [0.15, 0.2) is 0 Å². The average Bonchev–Trinajstić information content (AvgIpc) is 2.40. The van der Waals surface area contributed by atoms with Crippen molar-refractivity contribution in [2.75, 3.05) is 5.32 Å². The van der Waals surface area contributed by atoms with E-state index in [0.717, 1.165) is 31.4 Å². The molecule has 0 spiro atoms. The smallest absolute Gasteiger partial charge is 0.244 e. The number of carbonyl (C=O) groups excluding carboxylic acids is 1. The molecule has 1 aliphatic rings. The maximum absolute atomic E-state index is 12.3. The Kier molecular flexibility index (Phi) is 6.03. The van der Waals surface area contributed by atoms with Crippen molar-refractivity contribution < 1.29 is 4.79 Å². The predicted molar refractivity (Wildman–Crippen MR) is 86.4 cm³/mol. The highest BCUT2D eigenvalue weighted by Gasteiger charge is 2.35. The molecule has 0 radical (unpaired) electrons. The Morgan fingerprint density at radius 2 is 1.70 bits per heavy atom. The number of hydrogen-bond donors (Lipinski definition) is 2. The van der Waals surface area contributed by atoms with Gasteiger partial charge in [0.1, 0.15) is 0 Å². The number of anilines is 1. The van der Waals surface area contributed by atoms with Crippen LogP contribution in [-0.4, -0.2) is 11.4 Å². The predicted octanol–water partition coefficient (Wildman–Crippen LogP) is 3.83. The van der Waals surface area contributed by atoms with E-state index in [9.17, 15) is 4.79 Å². The van der Waals surface area contributed by atoms with E-state index < -0.39 is 5.54 Å². The van der Waals surface area contributed by atoms with Crippen molar-refractivity contribution >= 4 is 24.0 Å². The van der Waals surface area contributed by atoms with Crippen LogP contribution in [0.5, 0.6) is 0 Å². The zero-order chi connectivity index (χ0) is 13.9. The van der Waals surface area contributed by atoms with Gasteiger partial charge in [-0.3, -0.25) is 4.79 Å².